The number of aromatic nitrogens is 2. The van der Waals surface area contributed by atoms with Gasteiger partial charge in [0.1, 0.15) is 0 Å². The molecule has 2 fully saturated rings. The lowest BCUT2D eigenvalue weighted by molar-refractivity contribution is -0.00762. The highest BCUT2D eigenvalue weighted by Crippen LogP contribution is 2.28. The molecule has 0 unspecified atom stereocenters. The molecular formula is C16H27N3O. The molecule has 1 aliphatic carbocycles. The standard InChI is InChI=1S/C16H27N3O/c1-16(20)8-11-18(12-9-16)13-14-7-10-19(17-14)15-5-3-2-4-6-15/h7,10,15,20H,2-6,8-9,11-13H2,1H3. The molecule has 3 rings (SSSR count). The quantitative estimate of drug-likeness (QED) is 0.923. The monoisotopic (exact) mass is 277 g/mol. The Morgan fingerprint density at radius 1 is 1.25 bits per heavy atom. The summed E-state index contributed by atoms with van der Waals surface area (Å²) in [6.45, 7) is 4.82. The van der Waals surface area contributed by atoms with Crippen LogP contribution in [-0.4, -0.2) is 38.5 Å². The van der Waals surface area contributed by atoms with Crippen LogP contribution in [0.4, 0.5) is 0 Å². The van der Waals surface area contributed by atoms with Gasteiger partial charge in [0.05, 0.1) is 17.3 Å². The van der Waals surface area contributed by atoms with Crippen LogP contribution in [0.15, 0.2) is 12.3 Å². The molecule has 0 atom stereocenters. The number of likely N-dealkylation sites (tertiary alicyclic amines) is 1. The van der Waals surface area contributed by atoms with E-state index in [0.717, 1.165) is 32.5 Å². The normalized spacial score (nSPS) is 24.9. The van der Waals surface area contributed by atoms with Gasteiger partial charge in [0.25, 0.3) is 0 Å². The zero-order chi connectivity index (χ0) is 14.0. The molecule has 0 amide bonds. The van der Waals surface area contributed by atoms with E-state index >= 15 is 0 Å². The zero-order valence-electron chi connectivity index (χ0n) is 12.6. The van der Waals surface area contributed by atoms with Gasteiger partial charge in [-0.15, -0.1) is 0 Å². The molecule has 0 aromatic carbocycles. The Kier molecular flexibility index (Phi) is 4.13. The fourth-order valence-corrected chi connectivity index (χ4v) is 3.43. The summed E-state index contributed by atoms with van der Waals surface area (Å²) in [6, 6.07) is 2.79. The Bertz CT molecular complexity index is 425. The van der Waals surface area contributed by atoms with Gasteiger partial charge in [-0.05, 0) is 38.7 Å². The van der Waals surface area contributed by atoms with Crippen LogP contribution in [0.1, 0.15) is 63.6 Å². The largest absolute Gasteiger partial charge is 0.390 e. The van der Waals surface area contributed by atoms with Crippen LogP contribution >= 0.6 is 0 Å². The number of aliphatic hydroxyl groups is 1. The molecule has 0 spiro atoms. The topological polar surface area (TPSA) is 41.3 Å². The molecule has 1 saturated heterocycles. The smallest absolute Gasteiger partial charge is 0.0764 e. The Labute approximate surface area is 121 Å². The van der Waals surface area contributed by atoms with Crippen molar-refractivity contribution in [2.45, 2.75) is 70.1 Å². The van der Waals surface area contributed by atoms with Gasteiger partial charge in [-0.25, -0.2) is 0 Å². The molecule has 4 nitrogen and oxygen atoms in total. The average molecular weight is 277 g/mol. The van der Waals surface area contributed by atoms with Crippen LogP contribution in [0.3, 0.4) is 0 Å². The molecule has 20 heavy (non-hydrogen) atoms. The van der Waals surface area contributed by atoms with E-state index in [0.29, 0.717) is 6.04 Å². The van der Waals surface area contributed by atoms with E-state index in [9.17, 15) is 5.11 Å². The fourth-order valence-electron chi connectivity index (χ4n) is 3.43. The number of hydrogen-bond donors (Lipinski definition) is 1. The highest BCUT2D eigenvalue weighted by atomic mass is 16.3. The van der Waals surface area contributed by atoms with Crippen molar-refractivity contribution in [1.82, 2.24) is 14.7 Å². The van der Waals surface area contributed by atoms with E-state index < -0.39 is 5.60 Å². The van der Waals surface area contributed by atoms with Crippen LogP contribution in [0.5, 0.6) is 0 Å². The van der Waals surface area contributed by atoms with Crippen molar-refractivity contribution in [3.05, 3.63) is 18.0 Å². The van der Waals surface area contributed by atoms with Crippen LogP contribution in [0.2, 0.25) is 0 Å². The predicted octanol–water partition coefficient (Wildman–Crippen LogP) is 2.74. The van der Waals surface area contributed by atoms with Gasteiger partial charge in [-0.1, -0.05) is 19.3 Å². The fraction of sp³-hybridized carbons (Fsp3) is 0.812. The van der Waals surface area contributed by atoms with Crippen LogP contribution in [0, 0.1) is 0 Å². The van der Waals surface area contributed by atoms with E-state index in [1.54, 1.807) is 0 Å². The lowest BCUT2D eigenvalue weighted by Gasteiger charge is -2.35. The van der Waals surface area contributed by atoms with E-state index in [2.05, 4.69) is 21.8 Å². The first-order valence-electron chi connectivity index (χ1n) is 8.11. The Balaban J connectivity index is 1.55. The molecule has 2 heterocycles. The maximum Gasteiger partial charge on any atom is 0.0764 e. The molecule has 4 heteroatoms. The number of hydrogen-bond acceptors (Lipinski definition) is 3. The Morgan fingerprint density at radius 3 is 2.65 bits per heavy atom. The van der Waals surface area contributed by atoms with Gasteiger partial charge < -0.3 is 5.11 Å². The van der Waals surface area contributed by atoms with Crippen molar-refractivity contribution in [1.29, 1.82) is 0 Å². The third-order valence-corrected chi connectivity index (χ3v) is 4.93. The zero-order valence-corrected chi connectivity index (χ0v) is 12.6. The van der Waals surface area contributed by atoms with Crippen molar-refractivity contribution in [3.63, 3.8) is 0 Å². The molecule has 1 aromatic heterocycles. The molecule has 2 aliphatic rings. The summed E-state index contributed by atoms with van der Waals surface area (Å²) in [5.74, 6) is 0. The lowest BCUT2D eigenvalue weighted by atomic mass is 9.94. The Morgan fingerprint density at radius 2 is 1.95 bits per heavy atom. The van der Waals surface area contributed by atoms with Crippen molar-refractivity contribution < 1.29 is 5.11 Å². The second-order valence-electron chi connectivity index (χ2n) is 6.85. The average Bonchev–Trinajstić information content (AvgIpc) is 2.91. The summed E-state index contributed by atoms with van der Waals surface area (Å²) in [6.07, 6.45) is 10.6. The molecule has 1 aromatic rings. The Hall–Kier alpha value is -0.870. The first kappa shape index (κ1) is 14.1. The van der Waals surface area contributed by atoms with Gasteiger partial charge in [-0.3, -0.25) is 9.58 Å². The van der Waals surface area contributed by atoms with Gasteiger partial charge >= 0.3 is 0 Å². The van der Waals surface area contributed by atoms with Crippen LogP contribution in [-0.2, 0) is 6.54 Å². The summed E-state index contributed by atoms with van der Waals surface area (Å²) >= 11 is 0. The third-order valence-electron chi connectivity index (χ3n) is 4.93. The molecule has 1 N–H and O–H groups in total. The van der Waals surface area contributed by atoms with Gasteiger partial charge in [0.15, 0.2) is 0 Å². The van der Waals surface area contributed by atoms with Crippen molar-refractivity contribution in [3.8, 4) is 0 Å². The molecule has 0 bridgehead atoms. The minimum Gasteiger partial charge on any atom is -0.390 e. The SMILES string of the molecule is CC1(O)CCN(Cc2ccn(C3CCCCC3)n2)CC1. The molecule has 1 aliphatic heterocycles. The second kappa shape index (κ2) is 5.86. The van der Waals surface area contributed by atoms with Crippen molar-refractivity contribution >= 4 is 0 Å². The van der Waals surface area contributed by atoms with Crippen molar-refractivity contribution in [2.24, 2.45) is 0 Å². The maximum atomic E-state index is 9.99. The van der Waals surface area contributed by atoms with E-state index in [1.165, 1.54) is 37.8 Å². The van der Waals surface area contributed by atoms with E-state index in [1.807, 2.05) is 6.92 Å². The first-order valence-corrected chi connectivity index (χ1v) is 8.11. The summed E-state index contributed by atoms with van der Waals surface area (Å²) in [5, 5.41) is 14.8. The van der Waals surface area contributed by atoms with E-state index in [-0.39, 0.29) is 0 Å². The second-order valence-corrected chi connectivity index (χ2v) is 6.85. The highest BCUT2D eigenvalue weighted by Gasteiger charge is 2.27. The van der Waals surface area contributed by atoms with Crippen molar-refractivity contribution in [2.75, 3.05) is 13.1 Å². The van der Waals surface area contributed by atoms with Gasteiger partial charge in [0.2, 0.25) is 0 Å². The number of nitrogens with zero attached hydrogens (tertiary/aromatic N) is 3. The minimum absolute atomic E-state index is 0.460. The summed E-state index contributed by atoms with van der Waals surface area (Å²) in [5.41, 5.74) is 0.718. The van der Waals surface area contributed by atoms with Gasteiger partial charge in [-0.2, -0.15) is 5.10 Å². The van der Waals surface area contributed by atoms with Gasteiger partial charge in [0, 0.05) is 25.8 Å². The van der Waals surface area contributed by atoms with E-state index in [4.69, 9.17) is 5.10 Å². The summed E-state index contributed by atoms with van der Waals surface area (Å²) in [7, 11) is 0. The minimum atomic E-state index is -0.460. The maximum absolute atomic E-state index is 9.99. The molecule has 1 saturated carbocycles. The van der Waals surface area contributed by atoms with Crippen LogP contribution in [0.25, 0.3) is 0 Å². The highest BCUT2D eigenvalue weighted by molar-refractivity contribution is 5.01. The number of rotatable bonds is 3. The molecule has 0 radical (unpaired) electrons. The predicted molar refractivity (Wildman–Crippen MR) is 79.5 cm³/mol. The summed E-state index contributed by atoms with van der Waals surface area (Å²) in [4.78, 5) is 2.41. The lowest BCUT2D eigenvalue weighted by Crippen LogP contribution is -2.42. The molecule has 112 valence electrons. The number of piperidine rings is 1. The third kappa shape index (κ3) is 3.41. The van der Waals surface area contributed by atoms with Crippen LogP contribution < -0.4 is 0 Å². The first-order chi connectivity index (χ1) is 9.62. The summed E-state index contributed by atoms with van der Waals surface area (Å²) < 4.78 is 2.19. The molecular weight excluding hydrogens is 250 g/mol.